The molecule has 0 spiro atoms. The maximum atomic E-state index is 14.6. The lowest BCUT2D eigenvalue weighted by atomic mass is 9.75. The van der Waals surface area contributed by atoms with Crippen LogP contribution in [0.4, 0.5) is 0 Å². The van der Waals surface area contributed by atoms with Crippen LogP contribution in [0.3, 0.4) is 0 Å². The fraction of sp³-hybridized carbons (Fsp3) is 0.611. The summed E-state index contributed by atoms with van der Waals surface area (Å²) in [6, 6.07) is 10.9. The van der Waals surface area contributed by atoms with Crippen molar-refractivity contribution >= 4 is 37.0 Å². The molecule has 1 unspecified atom stereocenters. The molecule has 2 heterocycles. The lowest BCUT2D eigenvalue weighted by Gasteiger charge is -2.40. The van der Waals surface area contributed by atoms with Gasteiger partial charge in [0.15, 0.2) is 0 Å². The van der Waals surface area contributed by atoms with Crippen molar-refractivity contribution in [3.63, 3.8) is 0 Å². The van der Waals surface area contributed by atoms with Crippen molar-refractivity contribution in [3.8, 4) is 0 Å². The van der Waals surface area contributed by atoms with E-state index in [1.54, 1.807) is 17.1 Å². The second-order valence-electron chi connectivity index (χ2n) is 16.0. The normalized spacial score (nSPS) is 20.5. The quantitative estimate of drug-likeness (QED) is 0.302. The molecule has 2 fully saturated rings. The Kier molecular flexibility index (Phi) is 9.77. The average Bonchev–Trinajstić information content (AvgIpc) is 3.28. The molecule has 2 aliphatic rings. The highest BCUT2D eigenvalue weighted by atomic mass is 16.7. The van der Waals surface area contributed by atoms with Crippen LogP contribution in [-0.2, 0) is 18.6 Å². The summed E-state index contributed by atoms with van der Waals surface area (Å²) in [6.07, 6.45) is 1.55. The van der Waals surface area contributed by atoms with Crippen molar-refractivity contribution in [3.05, 3.63) is 58.7 Å². The lowest BCUT2D eigenvalue weighted by molar-refractivity contribution is 0.00578. The first-order chi connectivity index (χ1) is 21.0. The summed E-state index contributed by atoms with van der Waals surface area (Å²) < 4.78 is 25.3. The summed E-state index contributed by atoms with van der Waals surface area (Å²) in [7, 11) is -1.23. The van der Waals surface area contributed by atoms with Gasteiger partial charge in [-0.1, -0.05) is 58.4 Å². The lowest BCUT2D eigenvalue weighted by Crippen LogP contribution is -2.56. The third kappa shape index (κ3) is 6.69. The summed E-state index contributed by atoms with van der Waals surface area (Å²) in [4.78, 5) is 28.8. The van der Waals surface area contributed by atoms with E-state index in [-0.39, 0.29) is 23.3 Å². The van der Waals surface area contributed by atoms with Gasteiger partial charge < -0.3 is 18.6 Å². The summed E-state index contributed by atoms with van der Waals surface area (Å²) >= 11 is 0. The molecule has 46 heavy (non-hydrogen) atoms. The summed E-state index contributed by atoms with van der Waals surface area (Å²) in [5.74, 6) is -0.647. The first kappa shape index (κ1) is 36.2. The number of carbonyl (C=O) groups excluding carboxylic acids is 2. The van der Waals surface area contributed by atoms with Gasteiger partial charge >= 0.3 is 14.2 Å². The molecule has 1 atom stereocenters. The van der Waals surface area contributed by atoms with Crippen molar-refractivity contribution in [2.75, 3.05) is 0 Å². The highest BCUT2D eigenvalue weighted by Crippen LogP contribution is 2.38. The van der Waals surface area contributed by atoms with Crippen LogP contribution in [0.2, 0.25) is 0 Å². The van der Waals surface area contributed by atoms with Crippen LogP contribution >= 0.6 is 0 Å². The molecule has 0 bridgehead atoms. The van der Waals surface area contributed by atoms with E-state index in [1.165, 1.54) is 0 Å². The van der Waals surface area contributed by atoms with Crippen LogP contribution < -0.4 is 16.4 Å². The first-order valence-corrected chi connectivity index (χ1v) is 16.6. The fourth-order valence-electron chi connectivity index (χ4n) is 6.03. The molecular formula is C36H54B2N2O6. The van der Waals surface area contributed by atoms with E-state index in [4.69, 9.17) is 18.6 Å². The fourth-order valence-corrected chi connectivity index (χ4v) is 6.03. The third-order valence-electron chi connectivity index (χ3n) is 10.6. The van der Waals surface area contributed by atoms with Crippen LogP contribution in [0.1, 0.15) is 128 Å². The molecule has 0 aliphatic carbocycles. The molecule has 2 saturated heterocycles. The number of benzene rings is 2. The maximum Gasteiger partial charge on any atom is 0.495 e. The third-order valence-corrected chi connectivity index (χ3v) is 10.6. The smallest absolute Gasteiger partial charge is 0.399 e. The Bertz CT molecular complexity index is 1450. The van der Waals surface area contributed by atoms with E-state index < -0.39 is 36.6 Å². The molecule has 10 heteroatoms. The molecule has 2 aromatic carbocycles. The molecule has 1 N–H and O–H groups in total. The van der Waals surface area contributed by atoms with Crippen LogP contribution in [0, 0.1) is 19.3 Å². The zero-order valence-corrected chi connectivity index (χ0v) is 30.5. The number of hydrogen-bond donors (Lipinski definition) is 1. The monoisotopic (exact) mass is 632 g/mol. The van der Waals surface area contributed by atoms with Gasteiger partial charge in [-0.2, -0.15) is 0 Å². The standard InChI is InChI=1S/C36H54B2N2O6/c1-15-18-29(32(4,5)6)40(31(42)26-20-17-22-28(24(26)3)38-45-35(11,12)36(13,14)46-38)39-30(41)25-19-16-21-27(23(25)2)37-43-33(7,8)34(9,10)44-37/h16-17,19-22,29H,15,18H2,1-14H3,(H,39,41). The number of nitrogens with zero attached hydrogens (tertiary/aromatic N) is 1. The molecule has 0 aromatic heterocycles. The van der Waals surface area contributed by atoms with Crippen molar-refractivity contribution in [1.82, 2.24) is 10.4 Å². The SMILES string of the molecule is CCCC(N(NC(=O)c1cccc(B2OC(C)(C)C(C)(C)O2)c1C)C(=O)c1cccc(B2OC(C)(C)C(C)(C)O2)c1C)C(C)(C)C. The van der Waals surface area contributed by atoms with Crippen molar-refractivity contribution in [2.45, 2.75) is 138 Å². The topological polar surface area (TPSA) is 86.3 Å². The van der Waals surface area contributed by atoms with Gasteiger partial charge in [-0.05, 0) is 115 Å². The Morgan fingerprint density at radius 2 is 1.13 bits per heavy atom. The number of carbonyl (C=O) groups is 2. The zero-order valence-electron chi connectivity index (χ0n) is 30.5. The van der Waals surface area contributed by atoms with Crippen LogP contribution in [0.5, 0.6) is 0 Å². The van der Waals surface area contributed by atoms with Gasteiger partial charge in [0, 0.05) is 11.1 Å². The maximum absolute atomic E-state index is 14.6. The van der Waals surface area contributed by atoms with Crippen molar-refractivity contribution < 1.29 is 28.2 Å². The molecule has 4 rings (SSSR count). The Labute approximate surface area is 277 Å². The average molecular weight is 632 g/mol. The van der Waals surface area contributed by atoms with Crippen molar-refractivity contribution in [1.29, 1.82) is 0 Å². The Morgan fingerprint density at radius 3 is 1.52 bits per heavy atom. The van der Waals surface area contributed by atoms with E-state index in [0.717, 1.165) is 28.5 Å². The summed E-state index contributed by atoms with van der Waals surface area (Å²) in [5, 5.41) is 1.54. The predicted octanol–water partition coefficient (Wildman–Crippen LogP) is 5.90. The van der Waals surface area contributed by atoms with E-state index in [0.29, 0.717) is 17.5 Å². The Hall–Kier alpha value is -2.65. The minimum absolute atomic E-state index is 0.277. The Morgan fingerprint density at radius 1 is 0.739 bits per heavy atom. The van der Waals surface area contributed by atoms with Gasteiger partial charge in [0.1, 0.15) is 0 Å². The minimum Gasteiger partial charge on any atom is -0.399 e. The molecule has 2 aliphatic heterocycles. The van der Waals surface area contributed by atoms with E-state index in [9.17, 15) is 9.59 Å². The van der Waals surface area contributed by atoms with Gasteiger partial charge in [0.05, 0.1) is 28.4 Å². The molecular weight excluding hydrogens is 578 g/mol. The molecule has 0 radical (unpaired) electrons. The molecule has 8 nitrogen and oxygen atoms in total. The van der Waals surface area contributed by atoms with E-state index >= 15 is 0 Å². The molecule has 250 valence electrons. The second kappa shape index (κ2) is 12.4. The van der Waals surface area contributed by atoms with E-state index in [1.807, 2.05) is 93.5 Å². The van der Waals surface area contributed by atoms with Gasteiger partial charge in [0.25, 0.3) is 11.8 Å². The van der Waals surface area contributed by atoms with Gasteiger partial charge in [-0.3, -0.25) is 15.0 Å². The number of hydrogen-bond acceptors (Lipinski definition) is 6. The number of rotatable bonds is 7. The number of hydrazine groups is 1. The summed E-state index contributed by atoms with van der Waals surface area (Å²) in [6.45, 7) is 28.3. The number of nitrogens with one attached hydrogen (secondary N) is 1. The minimum atomic E-state index is -0.616. The van der Waals surface area contributed by atoms with Gasteiger partial charge in [0.2, 0.25) is 0 Å². The highest BCUT2D eigenvalue weighted by Gasteiger charge is 2.53. The molecule has 2 amide bonds. The Balaban J connectivity index is 1.72. The zero-order chi connectivity index (χ0) is 34.6. The second-order valence-corrected chi connectivity index (χ2v) is 16.0. The largest absolute Gasteiger partial charge is 0.495 e. The first-order valence-electron chi connectivity index (χ1n) is 16.6. The van der Waals surface area contributed by atoms with Crippen molar-refractivity contribution in [2.24, 2.45) is 5.41 Å². The number of amides is 2. The molecule has 2 aromatic rings. The highest BCUT2D eigenvalue weighted by molar-refractivity contribution is 6.63. The van der Waals surface area contributed by atoms with Gasteiger partial charge in [-0.15, -0.1) is 0 Å². The predicted molar refractivity (Wildman–Crippen MR) is 186 cm³/mol. The van der Waals surface area contributed by atoms with E-state index in [2.05, 4.69) is 33.1 Å². The van der Waals surface area contributed by atoms with Crippen LogP contribution in [0.15, 0.2) is 36.4 Å². The van der Waals surface area contributed by atoms with Crippen LogP contribution in [0.25, 0.3) is 0 Å². The van der Waals surface area contributed by atoms with Crippen LogP contribution in [-0.4, -0.2) is 59.5 Å². The summed E-state index contributed by atoms with van der Waals surface area (Å²) in [5.41, 5.74) is 4.69. The molecule has 0 saturated carbocycles. The van der Waals surface area contributed by atoms with Gasteiger partial charge in [-0.25, -0.2) is 5.01 Å².